The van der Waals surface area contributed by atoms with Crippen molar-refractivity contribution in [2.45, 2.75) is 27.2 Å². The molecule has 0 spiro atoms. The molecule has 1 aliphatic heterocycles. The zero-order valence-corrected chi connectivity index (χ0v) is 13.1. The van der Waals surface area contributed by atoms with Gasteiger partial charge < -0.3 is 9.64 Å². The maximum absolute atomic E-state index is 14.4. The molecule has 1 aromatic rings. The van der Waals surface area contributed by atoms with Gasteiger partial charge in [-0.15, -0.1) is 5.92 Å². The van der Waals surface area contributed by atoms with Gasteiger partial charge in [-0.05, 0) is 32.4 Å². The standard InChI is InChI=1S/C18H20FNO2/c1-4-6-11-22-14-8-9-15(16(19)12-14)17-10-7-13(3)18(21)20(17)5-2/h8-10,12-13H,5,7,11H2,1-3H3. The number of benzene rings is 1. The fourth-order valence-corrected chi connectivity index (χ4v) is 2.45. The van der Waals surface area contributed by atoms with E-state index >= 15 is 0 Å². The van der Waals surface area contributed by atoms with E-state index in [9.17, 15) is 9.18 Å². The van der Waals surface area contributed by atoms with Crippen molar-refractivity contribution in [2.24, 2.45) is 5.92 Å². The molecule has 1 atom stereocenters. The first-order chi connectivity index (χ1) is 10.6. The molecule has 0 aromatic heterocycles. The molecule has 1 amide bonds. The zero-order chi connectivity index (χ0) is 16.1. The minimum absolute atomic E-state index is 0.0398. The highest BCUT2D eigenvalue weighted by Gasteiger charge is 2.28. The quantitative estimate of drug-likeness (QED) is 0.797. The predicted octanol–water partition coefficient (Wildman–Crippen LogP) is 3.46. The van der Waals surface area contributed by atoms with Gasteiger partial charge >= 0.3 is 0 Å². The van der Waals surface area contributed by atoms with Gasteiger partial charge in [-0.25, -0.2) is 4.39 Å². The highest BCUT2D eigenvalue weighted by Crippen LogP contribution is 2.31. The normalized spacial score (nSPS) is 17.6. The number of amides is 1. The number of hydrogen-bond donors (Lipinski definition) is 0. The van der Waals surface area contributed by atoms with Gasteiger partial charge in [-0.3, -0.25) is 4.79 Å². The Hall–Kier alpha value is -2.28. The minimum atomic E-state index is -0.394. The molecular weight excluding hydrogens is 281 g/mol. The number of nitrogens with zero attached hydrogens (tertiary/aromatic N) is 1. The smallest absolute Gasteiger partial charge is 0.230 e. The van der Waals surface area contributed by atoms with Crippen LogP contribution in [0.4, 0.5) is 4.39 Å². The van der Waals surface area contributed by atoms with Gasteiger partial charge in [-0.1, -0.05) is 18.9 Å². The van der Waals surface area contributed by atoms with Gasteiger partial charge in [-0.2, -0.15) is 0 Å². The Labute approximate surface area is 130 Å². The van der Waals surface area contributed by atoms with E-state index in [0.29, 0.717) is 30.0 Å². The van der Waals surface area contributed by atoms with Gasteiger partial charge in [0, 0.05) is 29.8 Å². The summed E-state index contributed by atoms with van der Waals surface area (Å²) in [6.45, 7) is 6.26. The second kappa shape index (κ2) is 7.13. The summed E-state index contributed by atoms with van der Waals surface area (Å²) >= 11 is 0. The van der Waals surface area contributed by atoms with E-state index in [2.05, 4.69) is 11.8 Å². The Morgan fingerprint density at radius 3 is 2.86 bits per heavy atom. The average Bonchev–Trinajstić information content (AvgIpc) is 2.51. The van der Waals surface area contributed by atoms with Crippen molar-refractivity contribution in [1.82, 2.24) is 4.90 Å². The summed E-state index contributed by atoms with van der Waals surface area (Å²) < 4.78 is 19.7. The molecule has 1 unspecified atom stereocenters. The van der Waals surface area contributed by atoms with Crippen LogP contribution >= 0.6 is 0 Å². The van der Waals surface area contributed by atoms with Crippen molar-refractivity contribution >= 4 is 11.6 Å². The summed E-state index contributed by atoms with van der Waals surface area (Å²) in [5.74, 6) is 5.50. The summed E-state index contributed by atoms with van der Waals surface area (Å²) in [4.78, 5) is 13.9. The molecule has 2 rings (SSSR count). The van der Waals surface area contributed by atoms with Crippen LogP contribution in [0, 0.1) is 23.6 Å². The lowest BCUT2D eigenvalue weighted by atomic mass is 9.97. The lowest BCUT2D eigenvalue weighted by Crippen LogP contribution is -2.36. The Kier molecular flexibility index (Phi) is 5.21. The Morgan fingerprint density at radius 1 is 1.45 bits per heavy atom. The van der Waals surface area contributed by atoms with Crippen LogP contribution < -0.4 is 4.74 Å². The van der Waals surface area contributed by atoms with Crippen LogP contribution in [0.5, 0.6) is 5.75 Å². The summed E-state index contributed by atoms with van der Waals surface area (Å²) in [6, 6.07) is 4.69. The molecule has 0 N–H and O–H groups in total. The monoisotopic (exact) mass is 301 g/mol. The van der Waals surface area contributed by atoms with Crippen molar-refractivity contribution in [3.8, 4) is 17.6 Å². The van der Waals surface area contributed by atoms with Crippen LogP contribution in [-0.4, -0.2) is 24.0 Å². The minimum Gasteiger partial charge on any atom is -0.481 e. The number of ether oxygens (including phenoxy) is 1. The number of allylic oxidation sites excluding steroid dienone is 1. The Bertz CT molecular complexity index is 655. The molecule has 0 radical (unpaired) electrons. The summed E-state index contributed by atoms with van der Waals surface area (Å²) in [5, 5.41) is 0. The maximum Gasteiger partial charge on any atom is 0.230 e. The molecule has 116 valence electrons. The number of rotatable bonds is 4. The first-order valence-corrected chi connectivity index (χ1v) is 7.42. The van der Waals surface area contributed by atoms with Crippen molar-refractivity contribution < 1.29 is 13.9 Å². The highest BCUT2D eigenvalue weighted by molar-refractivity contribution is 5.90. The summed E-state index contributed by atoms with van der Waals surface area (Å²) in [7, 11) is 0. The third kappa shape index (κ3) is 3.30. The Morgan fingerprint density at radius 2 is 2.23 bits per heavy atom. The van der Waals surface area contributed by atoms with Gasteiger partial charge in [0.05, 0.1) is 0 Å². The highest BCUT2D eigenvalue weighted by atomic mass is 19.1. The summed E-state index contributed by atoms with van der Waals surface area (Å²) in [5.41, 5.74) is 1.07. The van der Waals surface area contributed by atoms with E-state index in [1.807, 2.05) is 19.9 Å². The average molecular weight is 301 g/mol. The van der Waals surface area contributed by atoms with Gasteiger partial charge in [0.2, 0.25) is 5.91 Å². The maximum atomic E-state index is 14.4. The van der Waals surface area contributed by atoms with Crippen molar-refractivity contribution in [3.63, 3.8) is 0 Å². The second-order valence-electron chi connectivity index (χ2n) is 5.17. The Balaban J connectivity index is 2.28. The van der Waals surface area contributed by atoms with Gasteiger partial charge in [0.15, 0.2) is 0 Å². The van der Waals surface area contributed by atoms with Crippen molar-refractivity contribution in [3.05, 3.63) is 35.7 Å². The van der Waals surface area contributed by atoms with Crippen LogP contribution in [0.25, 0.3) is 5.70 Å². The van der Waals surface area contributed by atoms with Crippen LogP contribution in [0.2, 0.25) is 0 Å². The molecule has 0 fully saturated rings. The molecule has 0 aliphatic carbocycles. The predicted molar refractivity (Wildman–Crippen MR) is 84.5 cm³/mol. The lowest BCUT2D eigenvalue weighted by Gasteiger charge is -2.31. The van der Waals surface area contributed by atoms with Crippen LogP contribution in [0.15, 0.2) is 24.3 Å². The van der Waals surface area contributed by atoms with Crippen molar-refractivity contribution in [1.29, 1.82) is 0 Å². The largest absolute Gasteiger partial charge is 0.481 e. The molecule has 0 saturated heterocycles. The van der Waals surface area contributed by atoms with E-state index in [4.69, 9.17) is 4.74 Å². The molecule has 22 heavy (non-hydrogen) atoms. The van der Waals surface area contributed by atoms with Crippen molar-refractivity contribution in [2.75, 3.05) is 13.2 Å². The lowest BCUT2D eigenvalue weighted by molar-refractivity contribution is -0.131. The first kappa shape index (κ1) is 16.1. The van der Waals surface area contributed by atoms with Crippen LogP contribution in [0.1, 0.15) is 32.8 Å². The zero-order valence-electron chi connectivity index (χ0n) is 13.1. The molecule has 3 nitrogen and oxygen atoms in total. The van der Waals surface area contributed by atoms with Crippen LogP contribution in [0.3, 0.4) is 0 Å². The molecule has 1 aliphatic rings. The van der Waals surface area contributed by atoms with E-state index in [1.165, 1.54) is 6.07 Å². The fraction of sp³-hybridized carbons (Fsp3) is 0.389. The molecule has 1 aromatic carbocycles. The van der Waals surface area contributed by atoms with Gasteiger partial charge in [0.25, 0.3) is 0 Å². The van der Waals surface area contributed by atoms with E-state index in [1.54, 1.807) is 24.0 Å². The van der Waals surface area contributed by atoms with E-state index < -0.39 is 5.82 Å². The van der Waals surface area contributed by atoms with E-state index in [-0.39, 0.29) is 18.4 Å². The number of hydrogen-bond acceptors (Lipinski definition) is 2. The summed E-state index contributed by atoms with van der Waals surface area (Å²) in [6.07, 6.45) is 2.56. The third-order valence-electron chi connectivity index (χ3n) is 3.66. The van der Waals surface area contributed by atoms with Crippen LogP contribution in [-0.2, 0) is 4.79 Å². The number of carbonyl (C=O) groups is 1. The second-order valence-corrected chi connectivity index (χ2v) is 5.17. The third-order valence-corrected chi connectivity index (χ3v) is 3.66. The first-order valence-electron chi connectivity index (χ1n) is 7.42. The molecular formula is C18H20FNO2. The molecule has 0 saturated carbocycles. The SMILES string of the molecule is CC#CCOc1ccc(C2=CCC(C)C(=O)N2CC)c(F)c1. The fourth-order valence-electron chi connectivity index (χ4n) is 2.45. The molecule has 1 heterocycles. The molecule has 0 bridgehead atoms. The molecule has 4 heteroatoms. The van der Waals surface area contributed by atoms with E-state index in [0.717, 1.165) is 0 Å². The van der Waals surface area contributed by atoms with Gasteiger partial charge in [0.1, 0.15) is 18.2 Å². The topological polar surface area (TPSA) is 29.5 Å². The number of carbonyl (C=O) groups excluding carboxylic acids is 1. The number of halogens is 1.